The Bertz CT molecular complexity index is 1160. The van der Waals surface area contributed by atoms with Crippen molar-refractivity contribution in [2.24, 2.45) is 0 Å². The van der Waals surface area contributed by atoms with Crippen LogP contribution in [0.1, 0.15) is 17.3 Å². The van der Waals surface area contributed by atoms with Crippen LogP contribution in [-0.4, -0.2) is 12.8 Å². The highest BCUT2D eigenvalue weighted by Crippen LogP contribution is 2.33. The number of rotatable bonds is 3. The molecule has 3 nitrogen and oxygen atoms in total. The van der Waals surface area contributed by atoms with Crippen LogP contribution in [0.25, 0.3) is 21.9 Å². The first-order chi connectivity index (χ1) is 13.7. The normalized spacial score (nSPS) is 12.4. The molecule has 4 aromatic rings. The Balaban J connectivity index is 1.49. The summed E-state index contributed by atoms with van der Waals surface area (Å²) in [5.74, 6) is 0.0868. The van der Waals surface area contributed by atoms with E-state index < -0.39 is 0 Å². The van der Waals surface area contributed by atoms with Crippen molar-refractivity contribution in [3.8, 4) is 11.1 Å². The van der Waals surface area contributed by atoms with Crippen LogP contribution in [0.4, 0.5) is 11.4 Å². The summed E-state index contributed by atoms with van der Waals surface area (Å²) in [6.07, 6.45) is 0. The summed E-state index contributed by atoms with van der Waals surface area (Å²) in [6.45, 7) is 1.59. The Morgan fingerprint density at radius 1 is 0.750 bits per heavy atom. The number of Topliss-reactive ketones (excluding diaryl/α,β-unsaturated/α-hetero) is 1. The zero-order valence-electron chi connectivity index (χ0n) is 15.6. The van der Waals surface area contributed by atoms with Crippen molar-refractivity contribution in [3.05, 3.63) is 90.5 Å². The largest absolute Gasteiger partial charge is 0.406 e. The van der Waals surface area contributed by atoms with Gasteiger partial charge in [-0.25, -0.2) is 0 Å². The first-order valence-corrected chi connectivity index (χ1v) is 9.45. The molecule has 4 aromatic carbocycles. The molecule has 0 atom stereocenters. The first kappa shape index (κ1) is 16.6. The summed E-state index contributed by atoms with van der Waals surface area (Å²) in [6, 6.07) is 29.0. The average Bonchev–Trinajstić information content (AvgIpc) is 2.74. The van der Waals surface area contributed by atoms with Crippen LogP contribution in [0.5, 0.6) is 0 Å². The summed E-state index contributed by atoms with van der Waals surface area (Å²) in [5, 5.41) is 9.71. The number of benzene rings is 4. The van der Waals surface area contributed by atoms with Gasteiger partial charge in [0.15, 0.2) is 5.78 Å². The van der Waals surface area contributed by atoms with Crippen molar-refractivity contribution >= 4 is 40.4 Å². The summed E-state index contributed by atoms with van der Waals surface area (Å²) < 4.78 is 0. The zero-order valence-corrected chi connectivity index (χ0v) is 15.6. The number of hydrogen-bond acceptors (Lipinski definition) is 3. The molecule has 0 aromatic heterocycles. The number of ketones is 1. The van der Waals surface area contributed by atoms with Gasteiger partial charge < -0.3 is 10.5 Å². The summed E-state index contributed by atoms with van der Waals surface area (Å²) in [7, 11) is 0. The minimum absolute atomic E-state index is 0.00283. The van der Waals surface area contributed by atoms with Crippen LogP contribution in [0.3, 0.4) is 0 Å². The fourth-order valence-corrected chi connectivity index (χ4v) is 3.89. The van der Waals surface area contributed by atoms with Gasteiger partial charge in [-0.05, 0) is 41.0 Å². The second kappa shape index (κ2) is 6.57. The van der Waals surface area contributed by atoms with E-state index in [1.165, 1.54) is 16.2 Å². The summed E-state index contributed by atoms with van der Waals surface area (Å²) >= 11 is 0. The van der Waals surface area contributed by atoms with Gasteiger partial charge in [-0.3, -0.25) is 4.79 Å². The van der Waals surface area contributed by atoms with Gasteiger partial charge in [0.25, 0.3) is 0 Å². The summed E-state index contributed by atoms with van der Waals surface area (Å²) in [4.78, 5) is 11.5. The first-order valence-electron chi connectivity index (χ1n) is 9.45. The van der Waals surface area contributed by atoms with E-state index in [-0.39, 0.29) is 12.8 Å². The van der Waals surface area contributed by atoms with E-state index in [9.17, 15) is 4.79 Å². The van der Waals surface area contributed by atoms with Gasteiger partial charge in [0.2, 0.25) is 0 Å². The molecule has 1 aliphatic rings. The topological polar surface area (TPSA) is 41.1 Å². The molecule has 0 spiro atoms. The molecule has 0 radical (unpaired) electrons. The van der Waals surface area contributed by atoms with Crippen LogP contribution in [0.2, 0.25) is 0 Å². The fraction of sp³-hybridized carbons (Fsp3) is 0.0417. The third-order valence-corrected chi connectivity index (χ3v) is 5.35. The van der Waals surface area contributed by atoms with Crippen LogP contribution in [0.15, 0.2) is 84.9 Å². The van der Waals surface area contributed by atoms with Crippen LogP contribution >= 0.6 is 0 Å². The number of nitrogens with one attached hydrogen (secondary N) is 2. The second-order valence-electron chi connectivity index (χ2n) is 7.19. The highest BCUT2D eigenvalue weighted by molar-refractivity contribution is 6.80. The molecule has 0 saturated carbocycles. The Morgan fingerprint density at radius 2 is 1.39 bits per heavy atom. The number of hydrogen-bond donors (Lipinski definition) is 2. The molecule has 0 saturated heterocycles. The Kier molecular flexibility index (Phi) is 3.90. The quantitative estimate of drug-likeness (QED) is 0.401. The molecule has 1 aliphatic heterocycles. The maximum absolute atomic E-state index is 11.5. The van der Waals surface area contributed by atoms with Gasteiger partial charge in [-0.15, -0.1) is 0 Å². The number of carbonyl (C=O) groups excluding carboxylic acids is 1. The minimum atomic E-state index is -0.00283. The van der Waals surface area contributed by atoms with Crippen LogP contribution < -0.4 is 15.9 Å². The van der Waals surface area contributed by atoms with Crippen LogP contribution in [-0.2, 0) is 0 Å². The van der Waals surface area contributed by atoms with Crippen molar-refractivity contribution < 1.29 is 4.79 Å². The third-order valence-electron chi connectivity index (χ3n) is 5.35. The lowest BCUT2D eigenvalue weighted by atomic mass is 9.65. The van der Waals surface area contributed by atoms with Gasteiger partial charge in [0.05, 0.1) is 0 Å². The maximum Gasteiger partial charge on any atom is 0.406 e. The SMILES string of the molecule is CC(=O)c1ccc(-c2cccc(B3Nc4cccc5cccc(c45)N3)c2)cc1. The molecule has 0 amide bonds. The molecule has 2 N–H and O–H groups in total. The average molecular weight is 362 g/mol. The molecule has 5 rings (SSSR count). The van der Waals surface area contributed by atoms with Crippen molar-refractivity contribution in [2.75, 3.05) is 10.5 Å². The monoisotopic (exact) mass is 362 g/mol. The molecule has 0 fully saturated rings. The molecule has 0 aliphatic carbocycles. The van der Waals surface area contributed by atoms with E-state index in [4.69, 9.17) is 0 Å². The van der Waals surface area contributed by atoms with E-state index in [1.54, 1.807) is 6.92 Å². The smallest absolute Gasteiger partial charge is 0.405 e. The van der Waals surface area contributed by atoms with Gasteiger partial charge in [-0.1, -0.05) is 72.8 Å². The molecular weight excluding hydrogens is 343 g/mol. The summed E-state index contributed by atoms with van der Waals surface area (Å²) in [5.41, 5.74) is 6.43. The maximum atomic E-state index is 11.5. The lowest BCUT2D eigenvalue weighted by Crippen LogP contribution is -2.47. The van der Waals surface area contributed by atoms with Gasteiger partial charge in [-0.2, -0.15) is 0 Å². The Hall–Kier alpha value is -3.53. The zero-order chi connectivity index (χ0) is 19.1. The van der Waals surface area contributed by atoms with E-state index in [2.05, 4.69) is 71.1 Å². The lowest BCUT2D eigenvalue weighted by molar-refractivity contribution is 0.101. The van der Waals surface area contributed by atoms with Crippen LogP contribution in [0, 0.1) is 0 Å². The second-order valence-corrected chi connectivity index (χ2v) is 7.19. The van der Waals surface area contributed by atoms with Crippen molar-refractivity contribution in [1.29, 1.82) is 0 Å². The van der Waals surface area contributed by atoms with Gasteiger partial charge in [0, 0.05) is 22.3 Å². The van der Waals surface area contributed by atoms with Gasteiger partial charge >= 0.3 is 6.98 Å². The van der Waals surface area contributed by atoms with Crippen molar-refractivity contribution in [2.45, 2.75) is 6.92 Å². The minimum Gasteiger partial charge on any atom is -0.405 e. The predicted octanol–water partition coefficient (Wildman–Crippen LogP) is 4.94. The Labute approximate surface area is 164 Å². The van der Waals surface area contributed by atoms with Crippen molar-refractivity contribution in [1.82, 2.24) is 0 Å². The predicted molar refractivity (Wildman–Crippen MR) is 118 cm³/mol. The number of anilines is 2. The van der Waals surface area contributed by atoms with Crippen molar-refractivity contribution in [3.63, 3.8) is 0 Å². The molecule has 134 valence electrons. The van der Waals surface area contributed by atoms with E-state index in [0.29, 0.717) is 0 Å². The lowest BCUT2D eigenvalue weighted by Gasteiger charge is -2.27. The molecular formula is C24H19BN2O. The van der Waals surface area contributed by atoms with E-state index in [1.807, 2.05) is 24.3 Å². The number of carbonyl (C=O) groups is 1. The molecule has 1 heterocycles. The fourth-order valence-electron chi connectivity index (χ4n) is 3.89. The standard InChI is InChI=1S/C24H19BN2O/c1-16(28)17-11-13-18(14-12-17)20-7-2-8-21(15-20)25-26-22-9-3-5-19-6-4-10-23(27-25)24(19)22/h2-15,26-27H,1H3. The highest BCUT2D eigenvalue weighted by atomic mass is 16.1. The molecule has 28 heavy (non-hydrogen) atoms. The molecule has 0 unspecified atom stereocenters. The van der Waals surface area contributed by atoms with Gasteiger partial charge in [0.1, 0.15) is 0 Å². The molecule has 0 bridgehead atoms. The molecule has 4 heteroatoms. The third kappa shape index (κ3) is 2.83. The Morgan fingerprint density at radius 3 is 2.04 bits per heavy atom. The highest BCUT2D eigenvalue weighted by Gasteiger charge is 2.25. The van der Waals surface area contributed by atoms with E-state index >= 15 is 0 Å². The van der Waals surface area contributed by atoms with E-state index in [0.717, 1.165) is 28.1 Å².